The molecule has 0 saturated carbocycles. The van der Waals surface area contributed by atoms with Crippen molar-refractivity contribution < 1.29 is 9.53 Å². The van der Waals surface area contributed by atoms with E-state index in [1.165, 1.54) is 44.9 Å². The van der Waals surface area contributed by atoms with Crippen LogP contribution in [-0.4, -0.2) is 17.4 Å². The Morgan fingerprint density at radius 3 is 2.52 bits per heavy atom. The Hall–Kier alpha value is -1.38. The summed E-state index contributed by atoms with van der Waals surface area (Å²) in [5.74, 6) is 0.474. The van der Waals surface area contributed by atoms with E-state index in [2.05, 4.69) is 18.8 Å². The van der Waals surface area contributed by atoms with E-state index in [4.69, 9.17) is 4.74 Å². The van der Waals surface area contributed by atoms with Gasteiger partial charge in [-0.25, -0.2) is 4.98 Å². The van der Waals surface area contributed by atoms with Gasteiger partial charge in [-0.15, -0.1) is 0 Å². The highest BCUT2D eigenvalue weighted by Crippen LogP contribution is 2.18. The molecule has 3 heteroatoms. The average molecular weight is 291 g/mol. The third-order valence-corrected chi connectivity index (χ3v) is 3.79. The molecular weight excluding hydrogens is 262 g/mol. The fraction of sp³-hybridized carbons (Fsp3) is 0.667. The second kappa shape index (κ2) is 11.3. The first-order valence-corrected chi connectivity index (χ1v) is 8.38. The Balaban J connectivity index is 2.27. The quantitative estimate of drug-likeness (QED) is 0.393. The van der Waals surface area contributed by atoms with E-state index >= 15 is 0 Å². The SMILES string of the molecule is CCCCCCCCCC(CC)Oc1ncccc1C=O. The van der Waals surface area contributed by atoms with Gasteiger partial charge in [-0.2, -0.15) is 0 Å². The molecule has 1 aromatic heterocycles. The fourth-order valence-corrected chi connectivity index (χ4v) is 2.42. The molecule has 0 saturated heterocycles. The van der Waals surface area contributed by atoms with E-state index in [1.54, 1.807) is 18.3 Å². The summed E-state index contributed by atoms with van der Waals surface area (Å²) in [5.41, 5.74) is 0.538. The van der Waals surface area contributed by atoms with Gasteiger partial charge in [0.2, 0.25) is 5.88 Å². The number of rotatable bonds is 12. The molecule has 21 heavy (non-hydrogen) atoms. The monoisotopic (exact) mass is 291 g/mol. The van der Waals surface area contributed by atoms with Gasteiger partial charge in [0.1, 0.15) is 6.10 Å². The first-order chi connectivity index (χ1) is 10.3. The minimum atomic E-state index is 0.161. The Bertz CT molecular complexity index is 393. The summed E-state index contributed by atoms with van der Waals surface area (Å²) >= 11 is 0. The lowest BCUT2D eigenvalue weighted by Gasteiger charge is -2.17. The zero-order valence-corrected chi connectivity index (χ0v) is 13.5. The second-order valence-electron chi connectivity index (χ2n) is 5.57. The van der Waals surface area contributed by atoms with E-state index in [0.29, 0.717) is 11.4 Å². The first kappa shape index (κ1) is 17.7. The first-order valence-electron chi connectivity index (χ1n) is 8.38. The molecule has 1 rings (SSSR count). The Morgan fingerprint density at radius 1 is 1.14 bits per heavy atom. The number of aldehydes is 1. The fourth-order valence-electron chi connectivity index (χ4n) is 2.42. The summed E-state index contributed by atoms with van der Waals surface area (Å²) in [6.07, 6.45) is 13.8. The molecule has 1 aromatic rings. The number of aromatic nitrogens is 1. The lowest BCUT2D eigenvalue weighted by Crippen LogP contribution is -2.16. The molecule has 3 nitrogen and oxygen atoms in total. The van der Waals surface area contributed by atoms with Crippen molar-refractivity contribution in [2.24, 2.45) is 0 Å². The summed E-state index contributed by atoms with van der Waals surface area (Å²) in [5, 5.41) is 0. The number of pyridine rings is 1. The van der Waals surface area contributed by atoms with Crippen molar-refractivity contribution in [3.8, 4) is 5.88 Å². The molecule has 0 spiro atoms. The zero-order valence-electron chi connectivity index (χ0n) is 13.5. The van der Waals surface area contributed by atoms with Gasteiger partial charge in [0, 0.05) is 6.20 Å². The van der Waals surface area contributed by atoms with Crippen molar-refractivity contribution in [3.63, 3.8) is 0 Å². The van der Waals surface area contributed by atoms with Crippen LogP contribution >= 0.6 is 0 Å². The smallest absolute Gasteiger partial charge is 0.224 e. The van der Waals surface area contributed by atoms with Crippen LogP contribution in [0.3, 0.4) is 0 Å². The average Bonchev–Trinajstić information content (AvgIpc) is 2.53. The maximum atomic E-state index is 11.0. The zero-order chi connectivity index (χ0) is 15.3. The van der Waals surface area contributed by atoms with E-state index in [-0.39, 0.29) is 6.10 Å². The van der Waals surface area contributed by atoms with Gasteiger partial charge in [0.05, 0.1) is 5.56 Å². The molecule has 0 aliphatic rings. The number of carbonyl (C=O) groups excluding carboxylic acids is 1. The Kier molecular flexibility index (Phi) is 9.51. The largest absolute Gasteiger partial charge is 0.474 e. The second-order valence-corrected chi connectivity index (χ2v) is 5.57. The minimum absolute atomic E-state index is 0.161. The molecule has 0 N–H and O–H groups in total. The number of carbonyl (C=O) groups is 1. The summed E-state index contributed by atoms with van der Waals surface area (Å²) in [6, 6.07) is 3.50. The van der Waals surface area contributed by atoms with Crippen LogP contribution in [0.1, 0.15) is 82.0 Å². The minimum Gasteiger partial charge on any atom is -0.474 e. The number of nitrogens with zero attached hydrogens (tertiary/aromatic N) is 1. The Morgan fingerprint density at radius 2 is 1.86 bits per heavy atom. The van der Waals surface area contributed by atoms with E-state index in [0.717, 1.165) is 19.1 Å². The van der Waals surface area contributed by atoms with Crippen molar-refractivity contribution in [2.45, 2.75) is 77.7 Å². The lowest BCUT2D eigenvalue weighted by atomic mass is 10.1. The van der Waals surface area contributed by atoms with Crippen molar-refractivity contribution in [2.75, 3.05) is 0 Å². The highest BCUT2D eigenvalue weighted by molar-refractivity contribution is 5.77. The topological polar surface area (TPSA) is 39.2 Å². The predicted octanol–water partition coefficient (Wildman–Crippen LogP) is 5.19. The molecule has 0 radical (unpaired) electrons. The molecule has 1 unspecified atom stereocenters. The third-order valence-electron chi connectivity index (χ3n) is 3.79. The number of hydrogen-bond donors (Lipinski definition) is 0. The van der Waals surface area contributed by atoms with Crippen LogP contribution in [0.15, 0.2) is 18.3 Å². The van der Waals surface area contributed by atoms with Crippen LogP contribution in [0.2, 0.25) is 0 Å². The van der Waals surface area contributed by atoms with Crippen molar-refractivity contribution >= 4 is 6.29 Å². The molecule has 0 aromatic carbocycles. The predicted molar refractivity (Wildman–Crippen MR) is 86.9 cm³/mol. The van der Waals surface area contributed by atoms with Crippen molar-refractivity contribution in [1.29, 1.82) is 0 Å². The molecule has 118 valence electrons. The van der Waals surface area contributed by atoms with Crippen LogP contribution in [-0.2, 0) is 0 Å². The highest BCUT2D eigenvalue weighted by Gasteiger charge is 2.11. The van der Waals surface area contributed by atoms with Crippen molar-refractivity contribution in [3.05, 3.63) is 23.9 Å². The van der Waals surface area contributed by atoms with Gasteiger partial charge in [0.25, 0.3) is 0 Å². The van der Waals surface area contributed by atoms with Crippen LogP contribution in [0, 0.1) is 0 Å². The maximum absolute atomic E-state index is 11.0. The molecule has 0 amide bonds. The molecule has 0 bridgehead atoms. The van der Waals surface area contributed by atoms with Crippen LogP contribution < -0.4 is 4.74 Å². The standard InChI is InChI=1S/C18H29NO2/c1-3-5-6-7-8-9-10-13-17(4-2)21-18-16(15-20)12-11-14-19-18/h11-12,14-15,17H,3-10,13H2,1-2H3. The molecule has 0 aliphatic carbocycles. The summed E-state index contributed by atoms with van der Waals surface area (Å²) < 4.78 is 5.89. The molecule has 0 fully saturated rings. The summed E-state index contributed by atoms with van der Waals surface area (Å²) in [7, 11) is 0. The molecular formula is C18H29NO2. The number of hydrogen-bond acceptors (Lipinski definition) is 3. The third kappa shape index (κ3) is 7.26. The maximum Gasteiger partial charge on any atom is 0.224 e. The van der Waals surface area contributed by atoms with Gasteiger partial charge in [-0.3, -0.25) is 4.79 Å². The number of ether oxygens (including phenoxy) is 1. The van der Waals surface area contributed by atoms with Gasteiger partial charge < -0.3 is 4.74 Å². The molecule has 1 atom stereocenters. The van der Waals surface area contributed by atoms with E-state index < -0.39 is 0 Å². The summed E-state index contributed by atoms with van der Waals surface area (Å²) in [6.45, 7) is 4.36. The van der Waals surface area contributed by atoms with Gasteiger partial charge in [0.15, 0.2) is 6.29 Å². The van der Waals surface area contributed by atoms with Crippen LogP contribution in [0.4, 0.5) is 0 Å². The summed E-state index contributed by atoms with van der Waals surface area (Å²) in [4.78, 5) is 15.1. The van der Waals surface area contributed by atoms with Gasteiger partial charge >= 0.3 is 0 Å². The molecule has 1 heterocycles. The van der Waals surface area contributed by atoms with Crippen LogP contribution in [0.25, 0.3) is 0 Å². The lowest BCUT2D eigenvalue weighted by molar-refractivity contribution is 0.111. The Labute approximate surface area is 129 Å². The van der Waals surface area contributed by atoms with Gasteiger partial charge in [-0.1, -0.05) is 52.4 Å². The van der Waals surface area contributed by atoms with E-state index in [9.17, 15) is 4.79 Å². The van der Waals surface area contributed by atoms with Crippen LogP contribution in [0.5, 0.6) is 5.88 Å². The number of unbranched alkanes of at least 4 members (excludes halogenated alkanes) is 6. The van der Waals surface area contributed by atoms with Crippen molar-refractivity contribution in [1.82, 2.24) is 4.98 Å². The van der Waals surface area contributed by atoms with E-state index in [1.807, 2.05) is 0 Å². The molecule has 0 aliphatic heterocycles. The van der Waals surface area contributed by atoms with Gasteiger partial charge in [-0.05, 0) is 31.4 Å². The normalized spacial score (nSPS) is 12.1. The highest BCUT2D eigenvalue weighted by atomic mass is 16.5.